The van der Waals surface area contributed by atoms with Gasteiger partial charge in [0.15, 0.2) is 18.9 Å². The van der Waals surface area contributed by atoms with Crippen LogP contribution in [0.4, 0.5) is 6.01 Å². The number of thiophene rings is 1. The number of β-lactam (4-membered cyclic amide) rings is 1. The molecule has 1 saturated heterocycles. The summed E-state index contributed by atoms with van der Waals surface area (Å²) in [6, 6.07) is 2.67. The quantitative estimate of drug-likeness (QED) is 0.165. The van der Waals surface area contributed by atoms with Gasteiger partial charge in [0.2, 0.25) is 11.5 Å². The molecule has 0 bridgehead atoms. The number of carbonyl (C=O) groups excluding carboxylic acids is 3. The summed E-state index contributed by atoms with van der Waals surface area (Å²) in [6.45, 7) is 0.279. The van der Waals surface area contributed by atoms with E-state index in [4.69, 9.17) is 5.73 Å². The van der Waals surface area contributed by atoms with Crippen LogP contribution in [0.5, 0.6) is 0 Å². The van der Waals surface area contributed by atoms with E-state index in [0.717, 1.165) is 15.0 Å². The van der Waals surface area contributed by atoms with Gasteiger partial charge in [-0.25, -0.2) is 0 Å². The Bertz CT molecular complexity index is 1410. The molecule has 2 unspecified atom stereocenters. The fourth-order valence-electron chi connectivity index (χ4n) is 3.87. The lowest BCUT2D eigenvalue weighted by Crippen LogP contribution is -2.71. The monoisotopic (exact) mass is 515 g/mol. The van der Waals surface area contributed by atoms with Crippen LogP contribution in [0.1, 0.15) is 5.82 Å². The number of aromatic nitrogens is 3. The molecule has 0 radical (unpaired) electrons. The minimum atomic E-state index is -1.45. The van der Waals surface area contributed by atoms with Gasteiger partial charge in [0.1, 0.15) is 18.5 Å². The second-order valence-corrected chi connectivity index (χ2v) is 9.59. The first-order valence-electron chi connectivity index (χ1n) is 10.1. The van der Waals surface area contributed by atoms with E-state index < -0.39 is 29.2 Å². The predicted molar refractivity (Wildman–Crippen MR) is 121 cm³/mol. The Morgan fingerprint density at radius 2 is 2.29 bits per heavy atom. The van der Waals surface area contributed by atoms with Gasteiger partial charge in [0.05, 0.1) is 16.4 Å². The maximum atomic E-state index is 12.9. The molecule has 2 atom stereocenters. The number of hydrogen-bond acceptors (Lipinski definition) is 12. The Labute approximate surface area is 205 Å². The Hall–Kier alpha value is -3.98. The standard InChI is InChI=1S/C20H17N7O6S2/c1-32-24-12(15-23-20(21)33-25-15)16(28)22-13-17(29)27-14(19(30)31)10(8-35-18(13)27)6-26-4-2-9-3-5-34-11(9)7-26/h2-5,7,13,18H,6,8H2,1H3,(H3-,21,22,23,25,28,30,31)/b24-12+. The molecular formula is C20H17N7O6S2. The van der Waals surface area contributed by atoms with Crippen LogP contribution in [-0.2, 0) is 25.8 Å². The number of amides is 2. The van der Waals surface area contributed by atoms with E-state index in [2.05, 4.69) is 30.0 Å². The molecule has 3 aromatic rings. The van der Waals surface area contributed by atoms with Gasteiger partial charge < -0.3 is 30.3 Å². The number of nitrogen functional groups attached to an aromatic ring is 1. The number of pyridine rings is 1. The fourth-order valence-corrected chi connectivity index (χ4v) is 6.04. The number of rotatable bonds is 7. The highest BCUT2D eigenvalue weighted by Crippen LogP contribution is 2.40. The van der Waals surface area contributed by atoms with E-state index in [1.165, 1.54) is 18.9 Å². The molecule has 180 valence electrons. The van der Waals surface area contributed by atoms with Crippen molar-refractivity contribution < 1.29 is 33.4 Å². The van der Waals surface area contributed by atoms with Crippen molar-refractivity contribution in [1.82, 2.24) is 20.4 Å². The lowest BCUT2D eigenvalue weighted by molar-refractivity contribution is -0.687. The van der Waals surface area contributed by atoms with Gasteiger partial charge in [-0.2, -0.15) is 9.55 Å². The second kappa shape index (κ2) is 8.99. The molecule has 15 heteroatoms. The minimum absolute atomic E-state index is 0.181. The maximum Gasteiger partial charge on any atom is 0.319 e. The molecule has 2 aliphatic rings. The van der Waals surface area contributed by atoms with Gasteiger partial charge in [-0.05, 0) is 11.4 Å². The number of carbonyl (C=O) groups is 3. The molecule has 3 aromatic heterocycles. The number of nitrogens with one attached hydrogen (secondary N) is 1. The van der Waals surface area contributed by atoms with Crippen LogP contribution in [-0.4, -0.2) is 62.8 Å². The SMILES string of the molecule is CO/N=C(/C(=O)NC1C(=O)N2C(C(=O)[O-])=C(C[n+]3ccc4ccsc4c3)CSC12)c1noc(N)n1. The predicted octanol–water partition coefficient (Wildman–Crippen LogP) is -1.39. The first kappa shape index (κ1) is 22.8. The third-order valence-electron chi connectivity index (χ3n) is 5.41. The van der Waals surface area contributed by atoms with Gasteiger partial charge in [0, 0.05) is 22.8 Å². The van der Waals surface area contributed by atoms with Crippen molar-refractivity contribution in [2.75, 3.05) is 18.6 Å². The summed E-state index contributed by atoms with van der Waals surface area (Å²) in [7, 11) is 1.22. The molecule has 5 rings (SSSR count). The Balaban J connectivity index is 1.36. The topological polar surface area (TPSA) is 180 Å². The number of nitrogens with two attached hydrogens (primary N) is 1. The van der Waals surface area contributed by atoms with Crippen molar-refractivity contribution in [3.63, 3.8) is 0 Å². The minimum Gasteiger partial charge on any atom is -0.543 e. The van der Waals surface area contributed by atoms with E-state index in [-0.39, 0.29) is 29.8 Å². The number of hydrogen-bond donors (Lipinski definition) is 2. The molecule has 0 saturated carbocycles. The average molecular weight is 516 g/mol. The Morgan fingerprint density at radius 3 is 3.00 bits per heavy atom. The highest BCUT2D eigenvalue weighted by atomic mass is 32.2. The Morgan fingerprint density at radius 1 is 1.46 bits per heavy atom. The number of carboxylic acids is 1. The number of carboxylic acid groups (broad SMARTS) is 1. The van der Waals surface area contributed by atoms with Crippen LogP contribution in [0.25, 0.3) is 10.1 Å². The van der Waals surface area contributed by atoms with Gasteiger partial charge in [-0.15, -0.1) is 23.1 Å². The van der Waals surface area contributed by atoms with Gasteiger partial charge >= 0.3 is 6.01 Å². The molecule has 0 aliphatic carbocycles. The van der Waals surface area contributed by atoms with E-state index in [1.54, 1.807) is 11.3 Å². The van der Waals surface area contributed by atoms with E-state index in [0.29, 0.717) is 11.3 Å². The van der Waals surface area contributed by atoms with Crippen molar-refractivity contribution in [2.24, 2.45) is 5.16 Å². The molecule has 0 spiro atoms. The maximum absolute atomic E-state index is 12.9. The smallest absolute Gasteiger partial charge is 0.319 e. The van der Waals surface area contributed by atoms with Crippen LogP contribution in [0.2, 0.25) is 0 Å². The number of fused-ring (bicyclic) bond motifs is 2. The van der Waals surface area contributed by atoms with Crippen LogP contribution in [0.15, 0.2) is 50.9 Å². The summed E-state index contributed by atoms with van der Waals surface area (Å²) in [5, 5.41) is 24.1. The van der Waals surface area contributed by atoms with E-state index in [1.807, 2.05) is 34.5 Å². The molecule has 1 fully saturated rings. The van der Waals surface area contributed by atoms with Crippen molar-refractivity contribution >= 4 is 62.7 Å². The number of nitrogens with zero attached hydrogens (tertiary/aromatic N) is 5. The summed E-state index contributed by atoms with van der Waals surface area (Å²) >= 11 is 2.91. The van der Waals surface area contributed by atoms with Crippen molar-refractivity contribution in [3.8, 4) is 0 Å². The lowest BCUT2D eigenvalue weighted by Gasteiger charge is -2.50. The third kappa shape index (κ3) is 4.08. The summed E-state index contributed by atoms with van der Waals surface area (Å²) in [5.41, 5.74) is 5.40. The molecule has 5 heterocycles. The highest BCUT2D eigenvalue weighted by Gasteiger charge is 2.53. The van der Waals surface area contributed by atoms with Crippen LogP contribution < -0.4 is 20.7 Å². The molecule has 2 amide bonds. The summed E-state index contributed by atoms with van der Waals surface area (Å²) in [4.78, 5) is 47.3. The number of aliphatic carboxylic acids is 1. The summed E-state index contributed by atoms with van der Waals surface area (Å²) in [6.07, 6.45) is 3.78. The fraction of sp³-hybridized carbons (Fsp3) is 0.250. The number of anilines is 1. The van der Waals surface area contributed by atoms with Crippen LogP contribution in [0.3, 0.4) is 0 Å². The Kier molecular flexibility index (Phi) is 5.86. The second-order valence-electron chi connectivity index (χ2n) is 7.54. The molecule has 35 heavy (non-hydrogen) atoms. The molecule has 0 aromatic carbocycles. The zero-order valence-corrected chi connectivity index (χ0v) is 19.7. The lowest BCUT2D eigenvalue weighted by atomic mass is 10.0. The molecule has 2 aliphatic heterocycles. The summed E-state index contributed by atoms with van der Waals surface area (Å²) in [5.74, 6) is -2.74. The summed E-state index contributed by atoms with van der Waals surface area (Å²) < 4.78 is 7.58. The molecule has 13 nitrogen and oxygen atoms in total. The van der Waals surface area contributed by atoms with Crippen LogP contribution >= 0.6 is 23.1 Å². The molecule has 3 N–H and O–H groups in total. The van der Waals surface area contributed by atoms with Crippen LogP contribution in [0, 0.1) is 0 Å². The van der Waals surface area contributed by atoms with E-state index in [9.17, 15) is 19.5 Å². The van der Waals surface area contributed by atoms with Gasteiger partial charge in [-0.1, -0.05) is 10.3 Å². The highest BCUT2D eigenvalue weighted by molar-refractivity contribution is 8.00. The largest absolute Gasteiger partial charge is 0.543 e. The van der Waals surface area contributed by atoms with Gasteiger partial charge in [0.25, 0.3) is 11.8 Å². The zero-order chi connectivity index (χ0) is 24.7. The van der Waals surface area contributed by atoms with Crippen molar-refractivity contribution in [1.29, 1.82) is 0 Å². The van der Waals surface area contributed by atoms with Gasteiger partial charge in [-0.3, -0.25) is 14.5 Å². The normalized spacial score (nSPS) is 20.0. The number of thioether (sulfide) groups is 1. The van der Waals surface area contributed by atoms with Crippen molar-refractivity contribution in [2.45, 2.75) is 18.0 Å². The first-order chi connectivity index (χ1) is 16.9. The first-order valence-corrected chi connectivity index (χ1v) is 12.1. The van der Waals surface area contributed by atoms with Crippen molar-refractivity contribution in [3.05, 3.63) is 47.0 Å². The average Bonchev–Trinajstić information content (AvgIpc) is 3.48. The molecular weight excluding hydrogens is 498 g/mol. The number of oxime groups is 1. The van der Waals surface area contributed by atoms with E-state index >= 15 is 0 Å². The third-order valence-corrected chi connectivity index (χ3v) is 7.61. The zero-order valence-electron chi connectivity index (χ0n) is 18.0.